The summed E-state index contributed by atoms with van der Waals surface area (Å²) in [4.78, 5) is 16.7. The highest BCUT2D eigenvalue weighted by molar-refractivity contribution is 6.30. The Hall–Kier alpha value is -3.37. The summed E-state index contributed by atoms with van der Waals surface area (Å²) >= 11 is 5.97. The lowest BCUT2D eigenvalue weighted by molar-refractivity contribution is 0.140. The summed E-state index contributed by atoms with van der Waals surface area (Å²) in [6.45, 7) is 3.19. The number of amides is 2. The number of nitrogens with zero attached hydrogens (tertiary/aromatic N) is 6. The number of aromatic nitrogens is 4. The zero-order valence-electron chi connectivity index (χ0n) is 17.9. The molecule has 1 N–H and O–H groups in total. The first-order valence-electron chi connectivity index (χ1n) is 10.1. The third-order valence-corrected chi connectivity index (χ3v) is 5.48. The summed E-state index contributed by atoms with van der Waals surface area (Å²) < 4.78 is 12.2. The maximum absolute atomic E-state index is 12.7. The Morgan fingerprint density at radius 2 is 1.69 bits per heavy atom. The number of carbonyl (C=O) groups is 1. The first kappa shape index (κ1) is 21.8. The van der Waals surface area contributed by atoms with Gasteiger partial charge in [0.15, 0.2) is 5.82 Å². The predicted molar refractivity (Wildman–Crippen MR) is 120 cm³/mol. The quantitative estimate of drug-likeness (QED) is 0.607. The number of halogens is 1. The Labute approximate surface area is 190 Å². The van der Waals surface area contributed by atoms with Crippen molar-refractivity contribution in [2.45, 2.75) is 6.54 Å². The molecule has 4 rings (SSSR count). The van der Waals surface area contributed by atoms with Crippen LogP contribution in [0.3, 0.4) is 0 Å². The number of ether oxygens (including phenoxy) is 2. The highest BCUT2D eigenvalue weighted by Gasteiger charge is 2.23. The molecule has 0 radical (unpaired) electrons. The summed E-state index contributed by atoms with van der Waals surface area (Å²) in [5.41, 5.74) is 1.47. The number of carbonyl (C=O) groups excluding carboxylic acids is 1. The topological polar surface area (TPSA) is 97.6 Å². The SMILES string of the molecule is COc1cc(NC(=O)N2CCN(Cc3nnnn3-c3ccc(Cl)cc3)CC2)cc(OC)c1. The average molecular weight is 458 g/mol. The van der Waals surface area contributed by atoms with Crippen LogP contribution in [-0.2, 0) is 6.54 Å². The van der Waals surface area contributed by atoms with Crippen molar-refractivity contribution in [3.8, 4) is 17.2 Å². The summed E-state index contributed by atoms with van der Waals surface area (Å²) in [6.07, 6.45) is 0. The van der Waals surface area contributed by atoms with Crippen molar-refractivity contribution < 1.29 is 14.3 Å². The molecule has 168 valence electrons. The molecule has 0 aliphatic carbocycles. The van der Waals surface area contributed by atoms with Crippen molar-refractivity contribution in [1.29, 1.82) is 0 Å². The van der Waals surface area contributed by atoms with E-state index in [-0.39, 0.29) is 6.03 Å². The first-order valence-corrected chi connectivity index (χ1v) is 10.5. The number of nitrogens with one attached hydrogen (secondary N) is 1. The third kappa shape index (κ3) is 5.09. The molecule has 1 saturated heterocycles. The fourth-order valence-electron chi connectivity index (χ4n) is 3.48. The predicted octanol–water partition coefficient (Wildman–Crippen LogP) is 2.68. The molecule has 2 amide bonds. The molecule has 11 heteroatoms. The van der Waals surface area contributed by atoms with Gasteiger partial charge < -0.3 is 19.7 Å². The number of methoxy groups -OCH3 is 2. The minimum atomic E-state index is -0.161. The molecule has 0 saturated carbocycles. The van der Waals surface area contributed by atoms with E-state index in [1.807, 2.05) is 12.1 Å². The largest absolute Gasteiger partial charge is 0.497 e. The van der Waals surface area contributed by atoms with Crippen LogP contribution < -0.4 is 14.8 Å². The number of piperazine rings is 1. The van der Waals surface area contributed by atoms with Crippen LogP contribution in [0.25, 0.3) is 5.69 Å². The van der Waals surface area contributed by atoms with Crippen molar-refractivity contribution in [3.05, 3.63) is 53.3 Å². The molecule has 0 bridgehead atoms. The lowest BCUT2D eigenvalue weighted by atomic mass is 10.2. The monoisotopic (exact) mass is 457 g/mol. The Balaban J connectivity index is 1.34. The van der Waals surface area contributed by atoms with Gasteiger partial charge in [0.25, 0.3) is 0 Å². The standard InChI is InChI=1S/C21H24ClN7O3/c1-31-18-11-16(12-19(13-18)32-2)23-21(30)28-9-7-27(8-10-28)14-20-24-25-26-29(20)17-5-3-15(22)4-6-17/h3-6,11-13H,7-10,14H2,1-2H3,(H,23,30). The smallest absolute Gasteiger partial charge is 0.321 e. The minimum Gasteiger partial charge on any atom is -0.497 e. The zero-order chi connectivity index (χ0) is 22.5. The van der Waals surface area contributed by atoms with Crippen LogP contribution in [0.15, 0.2) is 42.5 Å². The second kappa shape index (κ2) is 9.84. The van der Waals surface area contributed by atoms with Crippen LogP contribution in [0.1, 0.15) is 5.82 Å². The summed E-state index contributed by atoms with van der Waals surface area (Å²) in [7, 11) is 3.14. The molecule has 32 heavy (non-hydrogen) atoms. The van der Waals surface area contributed by atoms with Gasteiger partial charge in [-0.1, -0.05) is 11.6 Å². The van der Waals surface area contributed by atoms with Crippen LogP contribution in [0.2, 0.25) is 5.02 Å². The van der Waals surface area contributed by atoms with Crippen molar-refractivity contribution in [1.82, 2.24) is 30.0 Å². The Morgan fingerprint density at radius 1 is 1.03 bits per heavy atom. The number of benzene rings is 2. The Morgan fingerprint density at radius 3 is 2.31 bits per heavy atom. The second-order valence-corrected chi connectivity index (χ2v) is 7.71. The summed E-state index contributed by atoms with van der Waals surface area (Å²) in [5.74, 6) is 1.96. The van der Waals surface area contributed by atoms with E-state index in [0.717, 1.165) is 11.5 Å². The van der Waals surface area contributed by atoms with Gasteiger partial charge in [-0.3, -0.25) is 4.90 Å². The Kier molecular flexibility index (Phi) is 6.72. The van der Waals surface area contributed by atoms with Crippen LogP contribution in [0.4, 0.5) is 10.5 Å². The summed E-state index contributed by atoms with van der Waals surface area (Å²) in [6, 6.07) is 12.5. The number of anilines is 1. The molecule has 1 aromatic heterocycles. The summed E-state index contributed by atoms with van der Waals surface area (Å²) in [5, 5.41) is 15.6. The van der Waals surface area contributed by atoms with E-state index < -0.39 is 0 Å². The number of rotatable bonds is 6. The van der Waals surface area contributed by atoms with E-state index in [1.165, 1.54) is 0 Å². The molecule has 10 nitrogen and oxygen atoms in total. The van der Waals surface area contributed by atoms with Gasteiger partial charge in [0.05, 0.1) is 26.5 Å². The van der Waals surface area contributed by atoms with Crippen LogP contribution >= 0.6 is 11.6 Å². The van der Waals surface area contributed by atoms with E-state index >= 15 is 0 Å². The number of hydrogen-bond donors (Lipinski definition) is 1. The lowest BCUT2D eigenvalue weighted by Crippen LogP contribution is -2.49. The molecule has 1 aliphatic heterocycles. The molecule has 0 unspecified atom stereocenters. The molecule has 2 aromatic carbocycles. The van der Waals surface area contributed by atoms with Crippen molar-refractivity contribution in [2.75, 3.05) is 45.7 Å². The fourth-order valence-corrected chi connectivity index (χ4v) is 3.60. The van der Waals surface area contributed by atoms with Crippen molar-refractivity contribution in [3.63, 3.8) is 0 Å². The molecular formula is C21H24ClN7O3. The number of hydrogen-bond acceptors (Lipinski definition) is 7. The van der Waals surface area contributed by atoms with Crippen LogP contribution in [-0.4, -0.2) is 76.4 Å². The van der Waals surface area contributed by atoms with E-state index in [1.54, 1.807) is 54.1 Å². The average Bonchev–Trinajstić information content (AvgIpc) is 3.27. The van der Waals surface area contributed by atoms with E-state index in [0.29, 0.717) is 54.9 Å². The van der Waals surface area contributed by atoms with Gasteiger partial charge in [-0.15, -0.1) is 5.10 Å². The first-order chi connectivity index (χ1) is 15.6. The maximum Gasteiger partial charge on any atom is 0.321 e. The van der Waals surface area contributed by atoms with Crippen molar-refractivity contribution in [2.24, 2.45) is 0 Å². The van der Waals surface area contributed by atoms with E-state index in [2.05, 4.69) is 25.7 Å². The van der Waals surface area contributed by atoms with Gasteiger partial charge in [0.2, 0.25) is 0 Å². The number of tetrazole rings is 1. The maximum atomic E-state index is 12.7. The minimum absolute atomic E-state index is 0.161. The highest BCUT2D eigenvalue weighted by atomic mass is 35.5. The number of urea groups is 1. The normalized spacial score (nSPS) is 14.3. The van der Waals surface area contributed by atoms with E-state index in [4.69, 9.17) is 21.1 Å². The lowest BCUT2D eigenvalue weighted by Gasteiger charge is -2.34. The molecule has 1 aliphatic rings. The van der Waals surface area contributed by atoms with Crippen LogP contribution in [0.5, 0.6) is 11.5 Å². The van der Waals surface area contributed by atoms with Gasteiger partial charge in [-0.2, -0.15) is 4.68 Å². The molecule has 0 atom stereocenters. The van der Waals surface area contributed by atoms with Gasteiger partial charge in [0, 0.05) is 55.1 Å². The third-order valence-electron chi connectivity index (χ3n) is 5.23. The van der Waals surface area contributed by atoms with Crippen molar-refractivity contribution >= 4 is 23.3 Å². The van der Waals surface area contributed by atoms with Gasteiger partial charge in [-0.05, 0) is 34.7 Å². The molecule has 0 spiro atoms. The van der Waals surface area contributed by atoms with Gasteiger partial charge >= 0.3 is 6.03 Å². The second-order valence-electron chi connectivity index (χ2n) is 7.28. The molecular weight excluding hydrogens is 434 g/mol. The van der Waals surface area contributed by atoms with Crippen LogP contribution in [0, 0.1) is 0 Å². The highest BCUT2D eigenvalue weighted by Crippen LogP contribution is 2.26. The molecule has 1 fully saturated rings. The van der Waals surface area contributed by atoms with E-state index in [9.17, 15) is 4.79 Å². The Bertz CT molecular complexity index is 1040. The van der Waals surface area contributed by atoms with Gasteiger partial charge in [-0.25, -0.2) is 4.79 Å². The zero-order valence-corrected chi connectivity index (χ0v) is 18.6. The fraction of sp³-hybridized carbons (Fsp3) is 0.333. The molecule has 2 heterocycles. The molecule has 3 aromatic rings. The van der Waals surface area contributed by atoms with Gasteiger partial charge in [0.1, 0.15) is 11.5 Å².